The fourth-order valence-electron chi connectivity index (χ4n) is 6.92. The summed E-state index contributed by atoms with van der Waals surface area (Å²) in [7, 11) is -5.14. The van der Waals surface area contributed by atoms with Gasteiger partial charge in [-0.05, 0) is 77.0 Å². The van der Waals surface area contributed by atoms with Crippen molar-refractivity contribution in [3.8, 4) is 0 Å². The normalized spacial score (nSPS) is 22.2. The topological polar surface area (TPSA) is 210 Å². The number of unbranched alkanes of at least 4 members (excludes halogenated alkanes) is 17. The molecule has 1 saturated carbocycles. The van der Waals surface area contributed by atoms with Crippen LogP contribution in [0.2, 0.25) is 0 Å². The predicted octanol–water partition coefficient (Wildman–Crippen LogP) is 9.73. The minimum Gasteiger partial charge on any atom is -0.462 e. The molecule has 0 amide bonds. The summed E-state index contributed by atoms with van der Waals surface area (Å²) in [6.45, 7) is 3.22. The third-order valence-electron chi connectivity index (χ3n) is 10.8. The second kappa shape index (κ2) is 38.8. The van der Waals surface area contributed by atoms with Crippen LogP contribution in [0, 0.1) is 0 Å². The van der Waals surface area contributed by atoms with Crippen molar-refractivity contribution >= 4 is 19.8 Å². The molecule has 6 unspecified atom stereocenters. The largest absolute Gasteiger partial charge is 0.472 e. The van der Waals surface area contributed by atoms with Gasteiger partial charge in [0.1, 0.15) is 43.2 Å². The standard InChI is InChI=1S/C49H85O13P/c1-3-5-7-9-11-13-15-17-19-21-23-25-27-29-31-33-35-37-42(50)59-39-41(40-60-63(57,58)62-49-47(55)45(53)44(52)46(54)48(49)56)61-43(51)38-36-34-32-30-28-26-24-22-20-18-16-14-12-10-8-6-4-2/h12,14,18,20,23-26,29,31,41,44-49,52-56H,3-11,13,15-17,19,21-22,27-28,30,32-40H2,1-2H3,(H,57,58)/b14-12+,20-18+,25-23+,26-24+,31-29+/t41-,44?,45-,46?,47?,48?,49?/m0/s1. The molecular formula is C49H85O13P. The minimum absolute atomic E-state index is 0.0603. The number of allylic oxidation sites excluding steroid dienone is 10. The van der Waals surface area contributed by atoms with Crippen LogP contribution < -0.4 is 0 Å². The SMILES string of the molecule is CCCCC/C=C/C/C=C/C/C=C/CCCCCCC(=O)O[C@@H](COC(=O)CCC/C=C/C/C=C/CCCCCCCCCCC)COP(=O)(O)OC1C(O)C(O)C(O)[C@H](O)C1O. The van der Waals surface area contributed by atoms with Crippen LogP contribution in [0.4, 0.5) is 0 Å². The molecule has 0 radical (unpaired) electrons. The van der Waals surface area contributed by atoms with Crippen LogP contribution in [0.25, 0.3) is 0 Å². The molecule has 13 nitrogen and oxygen atoms in total. The van der Waals surface area contributed by atoms with Crippen molar-refractivity contribution in [1.29, 1.82) is 0 Å². The third-order valence-corrected chi connectivity index (χ3v) is 11.8. The van der Waals surface area contributed by atoms with Gasteiger partial charge in [0, 0.05) is 12.8 Å². The summed E-state index contributed by atoms with van der Waals surface area (Å²) in [5, 5.41) is 50.2. The average molecular weight is 913 g/mol. The van der Waals surface area contributed by atoms with Crippen LogP contribution in [0.5, 0.6) is 0 Å². The fourth-order valence-corrected chi connectivity index (χ4v) is 7.89. The highest BCUT2D eigenvalue weighted by molar-refractivity contribution is 7.47. The van der Waals surface area contributed by atoms with E-state index in [1.807, 2.05) is 6.08 Å². The van der Waals surface area contributed by atoms with Crippen LogP contribution in [0.3, 0.4) is 0 Å². The van der Waals surface area contributed by atoms with Gasteiger partial charge in [0.25, 0.3) is 0 Å². The Morgan fingerprint density at radius 3 is 1.38 bits per heavy atom. The van der Waals surface area contributed by atoms with Gasteiger partial charge in [-0.3, -0.25) is 18.6 Å². The van der Waals surface area contributed by atoms with E-state index in [0.717, 1.165) is 57.8 Å². The van der Waals surface area contributed by atoms with Crippen molar-refractivity contribution in [2.45, 2.75) is 224 Å². The van der Waals surface area contributed by atoms with Crippen LogP contribution in [0.15, 0.2) is 60.8 Å². The number of aliphatic hydroxyl groups is 5. The molecule has 0 aromatic heterocycles. The molecule has 0 saturated heterocycles. The van der Waals surface area contributed by atoms with Crippen molar-refractivity contribution in [2.75, 3.05) is 13.2 Å². The number of carbonyl (C=O) groups is 2. The quantitative estimate of drug-likeness (QED) is 0.0147. The number of rotatable bonds is 39. The number of esters is 2. The molecule has 63 heavy (non-hydrogen) atoms. The maximum Gasteiger partial charge on any atom is 0.472 e. The van der Waals surface area contributed by atoms with Gasteiger partial charge in [-0.1, -0.05) is 152 Å². The van der Waals surface area contributed by atoms with Gasteiger partial charge in [0.05, 0.1) is 6.61 Å². The van der Waals surface area contributed by atoms with Crippen molar-refractivity contribution in [3.05, 3.63) is 60.8 Å². The van der Waals surface area contributed by atoms with E-state index in [9.17, 15) is 44.6 Å². The summed E-state index contributed by atoms with van der Waals surface area (Å²) < 4.78 is 33.5. The molecule has 0 aliphatic heterocycles. The number of hydrogen-bond donors (Lipinski definition) is 6. The Morgan fingerprint density at radius 1 is 0.492 bits per heavy atom. The van der Waals surface area contributed by atoms with E-state index in [4.69, 9.17) is 18.5 Å². The summed E-state index contributed by atoms with van der Waals surface area (Å²) in [6.07, 6.45) is 34.2. The maximum atomic E-state index is 12.8. The zero-order valence-electron chi connectivity index (χ0n) is 38.6. The number of phosphoric ester groups is 1. The molecule has 0 bridgehead atoms. The summed E-state index contributed by atoms with van der Waals surface area (Å²) in [5.74, 6) is -1.18. The zero-order valence-corrected chi connectivity index (χ0v) is 39.5. The lowest BCUT2D eigenvalue weighted by Crippen LogP contribution is -2.64. The third kappa shape index (κ3) is 31.2. The monoisotopic (exact) mass is 913 g/mol. The maximum absolute atomic E-state index is 12.8. The highest BCUT2D eigenvalue weighted by Crippen LogP contribution is 2.47. The Morgan fingerprint density at radius 2 is 0.873 bits per heavy atom. The molecule has 0 heterocycles. The fraction of sp³-hybridized carbons (Fsp3) is 0.755. The lowest BCUT2D eigenvalue weighted by molar-refractivity contribution is -0.220. The number of phosphoric acid groups is 1. The summed E-state index contributed by atoms with van der Waals surface area (Å²) >= 11 is 0. The van der Waals surface area contributed by atoms with E-state index < -0.39 is 75.7 Å². The predicted molar refractivity (Wildman–Crippen MR) is 249 cm³/mol. The van der Waals surface area contributed by atoms with Gasteiger partial charge < -0.3 is 39.9 Å². The molecular weight excluding hydrogens is 828 g/mol. The van der Waals surface area contributed by atoms with Crippen molar-refractivity contribution in [1.82, 2.24) is 0 Å². The first-order valence-electron chi connectivity index (χ1n) is 24.1. The number of hydrogen-bond acceptors (Lipinski definition) is 12. The molecule has 1 fully saturated rings. The Bertz CT molecular complexity index is 1330. The highest BCUT2D eigenvalue weighted by Gasteiger charge is 2.51. The van der Waals surface area contributed by atoms with Crippen LogP contribution in [0.1, 0.15) is 181 Å². The Balaban J connectivity index is 2.49. The average Bonchev–Trinajstić information content (AvgIpc) is 3.26. The molecule has 0 spiro atoms. The van der Waals surface area contributed by atoms with E-state index in [0.29, 0.717) is 19.3 Å². The summed E-state index contributed by atoms with van der Waals surface area (Å²) in [5.41, 5.74) is 0. The number of carbonyl (C=O) groups excluding carboxylic acids is 2. The minimum atomic E-state index is -5.14. The first-order valence-corrected chi connectivity index (χ1v) is 25.6. The van der Waals surface area contributed by atoms with Gasteiger partial charge in [0.2, 0.25) is 0 Å². The van der Waals surface area contributed by atoms with Gasteiger partial charge >= 0.3 is 19.8 Å². The number of ether oxygens (including phenoxy) is 2. The summed E-state index contributed by atoms with van der Waals surface area (Å²) in [6, 6.07) is 0. The molecule has 14 heteroatoms. The van der Waals surface area contributed by atoms with Crippen molar-refractivity contribution < 1.29 is 63.1 Å². The second-order valence-electron chi connectivity index (χ2n) is 16.6. The van der Waals surface area contributed by atoms with Gasteiger partial charge in [-0.25, -0.2) is 4.57 Å². The smallest absolute Gasteiger partial charge is 0.462 e. The zero-order chi connectivity index (χ0) is 46.4. The van der Waals surface area contributed by atoms with E-state index in [-0.39, 0.29) is 12.8 Å². The Hall–Kier alpha value is -2.45. The van der Waals surface area contributed by atoms with Gasteiger partial charge in [0.15, 0.2) is 6.10 Å². The molecule has 0 aromatic rings. The molecule has 6 N–H and O–H groups in total. The lowest BCUT2D eigenvalue weighted by atomic mass is 9.85. The molecule has 0 aromatic carbocycles. The second-order valence-corrected chi connectivity index (χ2v) is 18.0. The van der Waals surface area contributed by atoms with Gasteiger partial charge in [-0.2, -0.15) is 0 Å². The molecule has 1 aliphatic carbocycles. The van der Waals surface area contributed by atoms with Crippen molar-refractivity contribution in [2.24, 2.45) is 0 Å². The first-order chi connectivity index (χ1) is 30.4. The van der Waals surface area contributed by atoms with E-state index in [2.05, 4.69) is 68.5 Å². The van der Waals surface area contributed by atoms with Crippen LogP contribution in [-0.4, -0.2) is 98.3 Å². The van der Waals surface area contributed by atoms with E-state index in [1.54, 1.807) is 0 Å². The highest BCUT2D eigenvalue weighted by atomic mass is 31.2. The summed E-state index contributed by atoms with van der Waals surface area (Å²) in [4.78, 5) is 35.7. The molecule has 1 aliphatic rings. The number of aliphatic hydroxyl groups excluding tert-OH is 5. The molecule has 1 rings (SSSR count). The molecule has 8 atom stereocenters. The Labute approximate surface area is 379 Å². The van der Waals surface area contributed by atoms with Crippen LogP contribution in [-0.2, 0) is 32.7 Å². The van der Waals surface area contributed by atoms with E-state index >= 15 is 0 Å². The lowest BCUT2D eigenvalue weighted by Gasteiger charge is -2.41. The molecule has 364 valence electrons. The first kappa shape index (κ1) is 58.6. The van der Waals surface area contributed by atoms with Gasteiger partial charge in [-0.15, -0.1) is 0 Å². The Kier molecular flexibility index (Phi) is 36.1. The van der Waals surface area contributed by atoms with Crippen molar-refractivity contribution in [3.63, 3.8) is 0 Å². The van der Waals surface area contributed by atoms with Crippen LogP contribution >= 0.6 is 7.82 Å². The van der Waals surface area contributed by atoms with E-state index in [1.165, 1.54) is 77.0 Å².